The summed E-state index contributed by atoms with van der Waals surface area (Å²) < 4.78 is 13.9. The minimum absolute atomic E-state index is 0.264. The first kappa shape index (κ1) is 14.1. The molecule has 5 heteroatoms. The van der Waals surface area contributed by atoms with Gasteiger partial charge in [0, 0.05) is 29.9 Å². The first-order chi connectivity index (χ1) is 9.63. The number of carbonyl (C=O) groups is 1. The normalized spacial score (nSPS) is 14.2. The van der Waals surface area contributed by atoms with Gasteiger partial charge in [0.05, 0.1) is 12.5 Å². The molecule has 2 rings (SSSR count). The number of carboxylic acids is 1. The number of nitrogens with zero attached hydrogens (tertiary/aromatic N) is 2. The van der Waals surface area contributed by atoms with E-state index in [4.69, 9.17) is 10.4 Å². The maximum Gasteiger partial charge on any atom is 0.328 e. The van der Waals surface area contributed by atoms with E-state index in [1.165, 1.54) is 12.1 Å². The highest BCUT2D eigenvalue weighted by Gasteiger charge is 2.30. The molecule has 4 nitrogen and oxygen atoms in total. The first-order valence-corrected chi connectivity index (χ1v) is 6.46. The van der Waals surface area contributed by atoms with Crippen LogP contribution in [0, 0.1) is 17.1 Å². The lowest BCUT2D eigenvalue weighted by Crippen LogP contribution is -2.27. The Labute approximate surface area is 116 Å². The first-order valence-electron chi connectivity index (χ1n) is 6.46. The molecule has 0 bridgehead atoms. The molecule has 1 aromatic rings. The Morgan fingerprint density at radius 1 is 1.55 bits per heavy atom. The fourth-order valence-electron chi connectivity index (χ4n) is 2.15. The summed E-state index contributed by atoms with van der Waals surface area (Å²) in [5.41, 5.74) is 0.917. The molecule has 1 saturated carbocycles. The van der Waals surface area contributed by atoms with Crippen molar-refractivity contribution in [3.05, 3.63) is 35.7 Å². The van der Waals surface area contributed by atoms with Crippen molar-refractivity contribution in [1.29, 1.82) is 5.26 Å². The molecule has 1 fully saturated rings. The molecule has 0 aromatic heterocycles. The van der Waals surface area contributed by atoms with Crippen LogP contribution in [-0.2, 0) is 4.79 Å². The molecule has 1 N–H and O–H groups in total. The van der Waals surface area contributed by atoms with Gasteiger partial charge in [-0.3, -0.25) is 0 Å². The van der Waals surface area contributed by atoms with Crippen LogP contribution in [0.15, 0.2) is 24.3 Å². The van der Waals surface area contributed by atoms with E-state index in [1.54, 1.807) is 12.1 Å². The van der Waals surface area contributed by atoms with Crippen LogP contribution in [0.25, 0.3) is 6.08 Å². The molecule has 0 saturated heterocycles. The number of hydrogen-bond donors (Lipinski definition) is 1. The third-order valence-corrected chi connectivity index (χ3v) is 3.18. The molecule has 0 amide bonds. The standard InChI is InChI=1S/C15H15FN2O2/c16-13-3-1-4-14(12(13)7-8-15(19)20)18(10-2-9-17)11-5-6-11/h1,3-4,7-8,11H,2,5-6,10H2,(H,19,20)/b8-7+. The van der Waals surface area contributed by atoms with Crippen molar-refractivity contribution in [1.82, 2.24) is 0 Å². The lowest BCUT2D eigenvalue weighted by Gasteiger charge is -2.25. The third-order valence-electron chi connectivity index (χ3n) is 3.18. The molecule has 104 valence electrons. The summed E-state index contributed by atoms with van der Waals surface area (Å²) >= 11 is 0. The van der Waals surface area contributed by atoms with Crippen molar-refractivity contribution in [2.45, 2.75) is 25.3 Å². The van der Waals surface area contributed by atoms with Crippen LogP contribution >= 0.6 is 0 Å². The maximum atomic E-state index is 13.9. The van der Waals surface area contributed by atoms with E-state index in [-0.39, 0.29) is 5.56 Å². The summed E-state index contributed by atoms with van der Waals surface area (Å²) in [5, 5.41) is 17.4. The van der Waals surface area contributed by atoms with Gasteiger partial charge < -0.3 is 10.0 Å². The monoisotopic (exact) mass is 274 g/mol. The van der Waals surface area contributed by atoms with E-state index < -0.39 is 11.8 Å². The lowest BCUT2D eigenvalue weighted by atomic mass is 10.1. The molecular weight excluding hydrogens is 259 g/mol. The Bertz CT molecular complexity index is 574. The van der Waals surface area contributed by atoms with Crippen LogP contribution in [-0.4, -0.2) is 23.7 Å². The Morgan fingerprint density at radius 3 is 2.90 bits per heavy atom. The van der Waals surface area contributed by atoms with E-state index in [0.717, 1.165) is 18.9 Å². The van der Waals surface area contributed by atoms with Gasteiger partial charge in [-0.15, -0.1) is 0 Å². The molecule has 0 aliphatic heterocycles. The van der Waals surface area contributed by atoms with Crippen LogP contribution in [0.4, 0.5) is 10.1 Å². The van der Waals surface area contributed by atoms with Crippen LogP contribution in [0.5, 0.6) is 0 Å². The second-order valence-corrected chi connectivity index (χ2v) is 4.68. The van der Waals surface area contributed by atoms with Crippen molar-refractivity contribution in [2.75, 3.05) is 11.4 Å². The molecule has 1 aliphatic rings. The van der Waals surface area contributed by atoms with Crippen LogP contribution in [0.2, 0.25) is 0 Å². The topological polar surface area (TPSA) is 64.3 Å². The van der Waals surface area contributed by atoms with Crippen molar-refractivity contribution < 1.29 is 14.3 Å². The van der Waals surface area contributed by atoms with Gasteiger partial charge >= 0.3 is 5.97 Å². The molecule has 0 heterocycles. The van der Waals surface area contributed by atoms with Gasteiger partial charge in [0.25, 0.3) is 0 Å². The molecule has 0 radical (unpaired) electrons. The second-order valence-electron chi connectivity index (χ2n) is 4.68. The molecule has 0 unspecified atom stereocenters. The number of hydrogen-bond acceptors (Lipinski definition) is 3. The van der Waals surface area contributed by atoms with E-state index in [1.807, 2.05) is 4.90 Å². The number of aliphatic carboxylic acids is 1. The van der Waals surface area contributed by atoms with E-state index >= 15 is 0 Å². The van der Waals surface area contributed by atoms with Gasteiger partial charge in [-0.2, -0.15) is 5.26 Å². The largest absolute Gasteiger partial charge is 0.478 e. The number of nitriles is 1. The molecule has 20 heavy (non-hydrogen) atoms. The summed E-state index contributed by atoms with van der Waals surface area (Å²) in [6, 6.07) is 7.08. The predicted molar refractivity (Wildman–Crippen MR) is 73.7 cm³/mol. The maximum absolute atomic E-state index is 13.9. The zero-order chi connectivity index (χ0) is 14.5. The zero-order valence-corrected chi connectivity index (χ0v) is 10.9. The molecule has 1 aromatic carbocycles. The minimum atomic E-state index is -1.12. The Hall–Kier alpha value is -2.35. The Kier molecular flexibility index (Phi) is 4.36. The summed E-state index contributed by atoms with van der Waals surface area (Å²) in [6.45, 7) is 0.526. The Balaban J connectivity index is 2.35. The molecular formula is C15H15FN2O2. The van der Waals surface area contributed by atoms with Crippen LogP contribution in [0.3, 0.4) is 0 Å². The number of anilines is 1. The predicted octanol–water partition coefficient (Wildman–Crippen LogP) is 2.81. The summed E-state index contributed by atoms with van der Waals surface area (Å²) in [7, 11) is 0. The second kappa shape index (κ2) is 6.20. The van der Waals surface area contributed by atoms with Gasteiger partial charge in [0.2, 0.25) is 0 Å². The van der Waals surface area contributed by atoms with Gasteiger partial charge in [-0.1, -0.05) is 6.07 Å². The number of benzene rings is 1. The van der Waals surface area contributed by atoms with E-state index in [9.17, 15) is 9.18 Å². The van der Waals surface area contributed by atoms with Crippen molar-refractivity contribution in [2.24, 2.45) is 0 Å². The average Bonchev–Trinajstić information content (AvgIpc) is 3.22. The SMILES string of the molecule is N#CCCN(c1cccc(F)c1/C=C/C(=O)O)C1CC1. The van der Waals surface area contributed by atoms with Gasteiger partial charge in [-0.05, 0) is 31.1 Å². The average molecular weight is 274 g/mol. The van der Waals surface area contributed by atoms with Gasteiger partial charge in [0.15, 0.2) is 0 Å². The van der Waals surface area contributed by atoms with Crippen molar-refractivity contribution >= 4 is 17.7 Å². The van der Waals surface area contributed by atoms with E-state index in [0.29, 0.717) is 24.7 Å². The Morgan fingerprint density at radius 2 is 2.30 bits per heavy atom. The minimum Gasteiger partial charge on any atom is -0.478 e. The highest BCUT2D eigenvalue weighted by atomic mass is 19.1. The smallest absolute Gasteiger partial charge is 0.328 e. The highest BCUT2D eigenvalue weighted by Crippen LogP contribution is 2.35. The fourth-order valence-corrected chi connectivity index (χ4v) is 2.15. The summed E-state index contributed by atoms with van der Waals surface area (Å²) in [4.78, 5) is 12.6. The zero-order valence-electron chi connectivity index (χ0n) is 10.9. The summed E-state index contributed by atoms with van der Waals surface area (Å²) in [5.74, 6) is -1.57. The fraction of sp³-hybridized carbons (Fsp3) is 0.333. The molecule has 0 spiro atoms. The van der Waals surface area contributed by atoms with E-state index in [2.05, 4.69) is 6.07 Å². The van der Waals surface area contributed by atoms with Gasteiger partial charge in [-0.25, -0.2) is 9.18 Å². The van der Waals surface area contributed by atoms with Crippen molar-refractivity contribution in [3.8, 4) is 6.07 Å². The molecule has 0 atom stereocenters. The number of carboxylic acid groups (broad SMARTS) is 1. The lowest BCUT2D eigenvalue weighted by molar-refractivity contribution is -0.131. The molecule has 1 aliphatic carbocycles. The van der Waals surface area contributed by atoms with Gasteiger partial charge in [0.1, 0.15) is 5.82 Å². The quantitative estimate of drug-likeness (QED) is 0.810. The summed E-state index contributed by atoms with van der Waals surface area (Å²) in [6.07, 6.45) is 4.59. The number of halogens is 1. The van der Waals surface area contributed by atoms with Crippen molar-refractivity contribution in [3.63, 3.8) is 0 Å². The third kappa shape index (κ3) is 3.35. The van der Waals surface area contributed by atoms with Crippen LogP contribution < -0.4 is 4.90 Å². The highest BCUT2D eigenvalue weighted by molar-refractivity contribution is 5.87. The number of rotatable bonds is 6. The van der Waals surface area contributed by atoms with Crippen LogP contribution in [0.1, 0.15) is 24.8 Å².